The van der Waals surface area contributed by atoms with Gasteiger partial charge in [0.1, 0.15) is 0 Å². The van der Waals surface area contributed by atoms with Crippen molar-refractivity contribution in [3.05, 3.63) is 23.8 Å². The molecule has 3 N–H and O–H groups in total. The highest BCUT2D eigenvalue weighted by Gasteiger charge is 2.13. The van der Waals surface area contributed by atoms with Crippen LogP contribution in [0.15, 0.2) is 18.2 Å². The molecule has 1 atom stereocenters. The number of aryl methyl sites for hydroxylation is 1. The lowest BCUT2D eigenvalue weighted by Gasteiger charge is -2.13. The van der Waals surface area contributed by atoms with Gasteiger partial charge in [0, 0.05) is 11.4 Å². The van der Waals surface area contributed by atoms with E-state index in [4.69, 9.17) is 5.73 Å². The summed E-state index contributed by atoms with van der Waals surface area (Å²) in [6.45, 7) is 5.90. The molecule has 3 nitrogen and oxygen atoms in total. The van der Waals surface area contributed by atoms with Crippen LogP contribution < -0.4 is 11.1 Å². The molecule has 0 fully saturated rings. The topological polar surface area (TPSA) is 55.1 Å². The van der Waals surface area contributed by atoms with Crippen molar-refractivity contribution in [2.75, 3.05) is 16.8 Å². The number of rotatable bonds is 4. The smallest absolute Gasteiger partial charge is 0.237 e. The molecular weight excluding hydrogens is 220 g/mol. The van der Waals surface area contributed by atoms with Crippen LogP contribution in [-0.2, 0) is 4.79 Å². The Kier molecular flexibility index (Phi) is 4.68. The van der Waals surface area contributed by atoms with Gasteiger partial charge < -0.3 is 11.1 Å². The summed E-state index contributed by atoms with van der Waals surface area (Å²) < 4.78 is 0. The molecule has 1 rings (SSSR count). The molecule has 1 amide bonds. The van der Waals surface area contributed by atoms with Crippen molar-refractivity contribution in [2.45, 2.75) is 26.0 Å². The largest absolute Gasteiger partial charge is 0.399 e. The molecule has 0 spiro atoms. The minimum atomic E-state index is -0.0363. The van der Waals surface area contributed by atoms with E-state index in [1.807, 2.05) is 32.9 Å². The Morgan fingerprint density at radius 2 is 2.25 bits per heavy atom. The van der Waals surface area contributed by atoms with Crippen molar-refractivity contribution >= 4 is 29.0 Å². The number of hydrogen-bond acceptors (Lipinski definition) is 3. The van der Waals surface area contributed by atoms with Crippen LogP contribution in [0.3, 0.4) is 0 Å². The first-order chi connectivity index (χ1) is 7.54. The monoisotopic (exact) mass is 238 g/mol. The van der Waals surface area contributed by atoms with E-state index in [9.17, 15) is 4.79 Å². The number of hydrogen-bond donors (Lipinski definition) is 2. The molecule has 1 unspecified atom stereocenters. The van der Waals surface area contributed by atoms with Crippen LogP contribution in [0.25, 0.3) is 0 Å². The number of nitrogens with one attached hydrogen (secondary N) is 1. The number of nitrogen functional groups attached to an aromatic ring is 1. The predicted octanol–water partition coefficient (Wildman–Crippen LogP) is 2.66. The molecule has 0 saturated heterocycles. The van der Waals surface area contributed by atoms with E-state index in [2.05, 4.69) is 5.32 Å². The average Bonchev–Trinajstić information content (AvgIpc) is 2.23. The maximum absolute atomic E-state index is 11.8. The quantitative estimate of drug-likeness (QED) is 0.793. The highest BCUT2D eigenvalue weighted by Crippen LogP contribution is 2.20. The second-order valence-electron chi connectivity index (χ2n) is 3.66. The van der Waals surface area contributed by atoms with Crippen LogP contribution in [0.2, 0.25) is 0 Å². The van der Waals surface area contributed by atoms with Gasteiger partial charge in [0.2, 0.25) is 5.91 Å². The zero-order chi connectivity index (χ0) is 12.1. The van der Waals surface area contributed by atoms with Gasteiger partial charge in [-0.1, -0.05) is 13.0 Å². The number of carbonyl (C=O) groups excluding carboxylic acids is 1. The molecule has 4 heteroatoms. The third-order valence-electron chi connectivity index (χ3n) is 2.31. The highest BCUT2D eigenvalue weighted by atomic mass is 32.2. The maximum Gasteiger partial charge on any atom is 0.237 e. The standard InChI is InChI=1S/C12H18N2OS/c1-4-16-9(3)12(15)14-11-7-10(13)6-5-8(11)2/h5-7,9H,4,13H2,1-3H3,(H,14,15). The number of amides is 1. The number of thioether (sulfide) groups is 1. The van der Waals surface area contributed by atoms with Crippen molar-refractivity contribution in [3.8, 4) is 0 Å². The molecule has 0 bridgehead atoms. The fraction of sp³-hybridized carbons (Fsp3) is 0.417. The predicted molar refractivity (Wildman–Crippen MR) is 71.8 cm³/mol. The first-order valence-corrected chi connectivity index (χ1v) is 6.38. The Hall–Kier alpha value is -1.16. The lowest BCUT2D eigenvalue weighted by molar-refractivity contribution is -0.115. The van der Waals surface area contributed by atoms with Gasteiger partial charge >= 0.3 is 0 Å². The summed E-state index contributed by atoms with van der Waals surface area (Å²) in [6, 6.07) is 5.52. The van der Waals surface area contributed by atoms with Crippen LogP contribution in [0, 0.1) is 6.92 Å². The molecule has 0 aromatic heterocycles. The Labute approximate surface area is 101 Å². The zero-order valence-corrected chi connectivity index (χ0v) is 10.7. The molecule has 0 saturated carbocycles. The van der Waals surface area contributed by atoms with E-state index < -0.39 is 0 Å². The number of carbonyl (C=O) groups is 1. The lowest BCUT2D eigenvalue weighted by Crippen LogP contribution is -2.23. The molecule has 88 valence electrons. The van der Waals surface area contributed by atoms with E-state index in [1.165, 1.54) is 0 Å². The minimum absolute atomic E-state index is 0.0283. The van der Waals surface area contributed by atoms with Crippen molar-refractivity contribution in [1.82, 2.24) is 0 Å². The maximum atomic E-state index is 11.8. The third kappa shape index (κ3) is 3.45. The normalized spacial score (nSPS) is 12.2. The van der Waals surface area contributed by atoms with Crippen LogP contribution in [0.4, 0.5) is 11.4 Å². The van der Waals surface area contributed by atoms with Gasteiger partial charge in [-0.2, -0.15) is 0 Å². The summed E-state index contributed by atoms with van der Waals surface area (Å²) in [5.74, 6) is 0.963. The molecular formula is C12H18N2OS. The molecule has 0 aliphatic carbocycles. The molecule has 16 heavy (non-hydrogen) atoms. The minimum Gasteiger partial charge on any atom is -0.399 e. The van der Waals surface area contributed by atoms with Gasteiger partial charge in [0.25, 0.3) is 0 Å². The SMILES string of the molecule is CCSC(C)C(=O)Nc1cc(N)ccc1C. The first kappa shape index (κ1) is 12.9. The number of anilines is 2. The van der Waals surface area contributed by atoms with Crippen molar-refractivity contribution < 1.29 is 4.79 Å². The van der Waals surface area contributed by atoms with Gasteiger partial charge in [-0.15, -0.1) is 11.8 Å². The second kappa shape index (κ2) is 5.80. The van der Waals surface area contributed by atoms with Crippen molar-refractivity contribution in [1.29, 1.82) is 0 Å². The van der Waals surface area contributed by atoms with Crippen LogP contribution in [0.1, 0.15) is 19.4 Å². The van der Waals surface area contributed by atoms with E-state index in [-0.39, 0.29) is 11.2 Å². The number of benzene rings is 1. The number of nitrogens with two attached hydrogens (primary N) is 1. The van der Waals surface area contributed by atoms with Gasteiger partial charge in [-0.25, -0.2) is 0 Å². The van der Waals surface area contributed by atoms with E-state index in [0.717, 1.165) is 17.0 Å². The molecule has 0 heterocycles. The summed E-state index contributed by atoms with van der Waals surface area (Å²) in [5, 5.41) is 2.86. The first-order valence-electron chi connectivity index (χ1n) is 5.33. The van der Waals surface area contributed by atoms with E-state index in [1.54, 1.807) is 17.8 Å². The van der Waals surface area contributed by atoms with Crippen LogP contribution >= 0.6 is 11.8 Å². The highest BCUT2D eigenvalue weighted by molar-refractivity contribution is 8.00. The van der Waals surface area contributed by atoms with Crippen LogP contribution in [0.5, 0.6) is 0 Å². The zero-order valence-electron chi connectivity index (χ0n) is 9.91. The van der Waals surface area contributed by atoms with Gasteiger partial charge in [0.15, 0.2) is 0 Å². The van der Waals surface area contributed by atoms with Gasteiger partial charge in [-0.3, -0.25) is 4.79 Å². The van der Waals surface area contributed by atoms with Crippen LogP contribution in [-0.4, -0.2) is 16.9 Å². The Bertz CT molecular complexity index is 379. The Morgan fingerprint density at radius 1 is 1.56 bits per heavy atom. The summed E-state index contributed by atoms with van der Waals surface area (Å²) in [7, 11) is 0. The molecule has 0 aliphatic rings. The summed E-state index contributed by atoms with van der Waals surface area (Å²) in [4.78, 5) is 11.8. The van der Waals surface area contributed by atoms with Crippen molar-refractivity contribution in [2.24, 2.45) is 0 Å². The Morgan fingerprint density at radius 3 is 2.88 bits per heavy atom. The van der Waals surface area contributed by atoms with Gasteiger partial charge in [0.05, 0.1) is 5.25 Å². The van der Waals surface area contributed by atoms with E-state index in [0.29, 0.717) is 5.69 Å². The van der Waals surface area contributed by atoms with E-state index >= 15 is 0 Å². The average molecular weight is 238 g/mol. The fourth-order valence-corrected chi connectivity index (χ4v) is 2.04. The lowest BCUT2D eigenvalue weighted by atomic mass is 10.2. The molecule has 0 radical (unpaired) electrons. The summed E-state index contributed by atoms with van der Waals surface area (Å²) >= 11 is 1.63. The molecule has 1 aromatic carbocycles. The van der Waals surface area contributed by atoms with Gasteiger partial charge in [-0.05, 0) is 37.3 Å². The molecule has 0 aliphatic heterocycles. The summed E-state index contributed by atoms with van der Waals surface area (Å²) in [6.07, 6.45) is 0. The Balaban J connectivity index is 2.72. The second-order valence-corrected chi connectivity index (χ2v) is 5.28. The van der Waals surface area contributed by atoms with Crippen molar-refractivity contribution in [3.63, 3.8) is 0 Å². The fourth-order valence-electron chi connectivity index (χ4n) is 1.33. The summed E-state index contributed by atoms with van der Waals surface area (Å²) in [5.41, 5.74) is 8.17. The third-order valence-corrected chi connectivity index (χ3v) is 3.35. The molecule has 1 aromatic rings.